The number of phosphoric acid groups is 1. The average Bonchev–Trinajstić information content (AvgIpc) is 3.27. The Balaban J connectivity index is 4.29. The molecule has 9 nitrogen and oxygen atoms in total. The number of esters is 2. The number of phosphoric ester groups is 1. The first-order chi connectivity index (χ1) is 30.8. The van der Waals surface area contributed by atoms with Crippen LogP contribution in [0, 0.1) is 0 Å². The maximum absolute atomic E-state index is 12.6. The zero-order valence-electron chi connectivity index (χ0n) is 38.7. The number of carbonyl (C=O) groups excluding carboxylic acids is 2. The number of allylic oxidation sites excluding steroid dienone is 24. The lowest BCUT2D eigenvalue weighted by atomic mass is 10.1. The fourth-order valence-corrected chi connectivity index (χ4v) is 6.11. The quantitative estimate of drug-likeness (QED) is 0.0266. The first-order valence-corrected chi connectivity index (χ1v) is 24.8. The number of unbranched alkanes of at least 4 members (excludes halogenated alkanes) is 4. The molecule has 0 aromatic carbocycles. The summed E-state index contributed by atoms with van der Waals surface area (Å²) in [5.41, 5.74) is 5.35. The third kappa shape index (κ3) is 47.2. The molecule has 0 aliphatic heterocycles. The van der Waals surface area contributed by atoms with Gasteiger partial charge in [-0.25, -0.2) is 4.57 Å². The van der Waals surface area contributed by atoms with Crippen LogP contribution in [-0.4, -0.2) is 49.3 Å². The molecule has 0 aromatic heterocycles. The normalized spacial score (nSPS) is 14.5. The van der Waals surface area contributed by atoms with E-state index in [4.69, 9.17) is 24.3 Å². The molecule has 0 fully saturated rings. The van der Waals surface area contributed by atoms with E-state index in [1.165, 1.54) is 0 Å². The maximum atomic E-state index is 12.6. The molecule has 2 unspecified atom stereocenters. The zero-order valence-corrected chi connectivity index (χ0v) is 39.6. The van der Waals surface area contributed by atoms with Crippen molar-refractivity contribution in [1.82, 2.24) is 0 Å². The van der Waals surface area contributed by atoms with E-state index in [2.05, 4.69) is 160 Å². The highest BCUT2D eigenvalue weighted by molar-refractivity contribution is 7.47. The van der Waals surface area contributed by atoms with Crippen LogP contribution in [0.1, 0.15) is 142 Å². The summed E-state index contributed by atoms with van der Waals surface area (Å²) in [5, 5.41) is 0. The van der Waals surface area contributed by atoms with Crippen LogP contribution in [0.25, 0.3) is 0 Å². The van der Waals surface area contributed by atoms with Crippen molar-refractivity contribution >= 4 is 19.8 Å². The number of hydrogen-bond acceptors (Lipinski definition) is 8. The molecule has 0 amide bonds. The lowest BCUT2D eigenvalue weighted by molar-refractivity contribution is -0.161. The number of nitrogens with two attached hydrogens (primary N) is 1. The Labute approximate surface area is 382 Å². The molecular formula is C53H82NO8P. The van der Waals surface area contributed by atoms with Crippen LogP contribution in [0.15, 0.2) is 146 Å². The molecule has 0 saturated heterocycles. The first-order valence-electron chi connectivity index (χ1n) is 23.3. The minimum atomic E-state index is -4.41. The molecule has 10 heteroatoms. The predicted molar refractivity (Wildman–Crippen MR) is 265 cm³/mol. The van der Waals surface area contributed by atoms with Crippen LogP contribution >= 0.6 is 7.82 Å². The molecule has 63 heavy (non-hydrogen) atoms. The summed E-state index contributed by atoms with van der Waals surface area (Å²) in [6, 6.07) is 0. The number of ether oxygens (including phenoxy) is 2. The molecule has 0 aromatic rings. The highest BCUT2D eigenvalue weighted by atomic mass is 31.2. The molecule has 0 aliphatic carbocycles. The monoisotopic (exact) mass is 892 g/mol. The summed E-state index contributed by atoms with van der Waals surface area (Å²) in [7, 11) is -4.41. The van der Waals surface area contributed by atoms with Crippen LogP contribution in [-0.2, 0) is 32.7 Å². The van der Waals surface area contributed by atoms with Gasteiger partial charge in [-0.2, -0.15) is 0 Å². The fraction of sp³-hybridized carbons (Fsp3) is 0.509. The van der Waals surface area contributed by atoms with E-state index in [0.29, 0.717) is 12.8 Å². The van der Waals surface area contributed by atoms with Crippen molar-refractivity contribution < 1.29 is 37.6 Å². The molecular weight excluding hydrogens is 810 g/mol. The van der Waals surface area contributed by atoms with Gasteiger partial charge in [-0.1, -0.05) is 160 Å². The van der Waals surface area contributed by atoms with Gasteiger partial charge in [0.2, 0.25) is 0 Å². The summed E-state index contributed by atoms with van der Waals surface area (Å²) in [6.07, 6.45) is 67.5. The lowest BCUT2D eigenvalue weighted by Gasteiger charge is -2.19. The molecule has 0 rings (SSSR count). The van der Waals surface area contributed by atoms with Crippen molar-refractivity contribution in [3.63, 3.8) is 0 Å². The maximum Gasteiger partial charge on any atom is 0.472 e. The van der Waals surface area contributed by atoms with E-state index in [1.54, 1.807) is 0 Å². The summed E-state index contributed by atoms with van der Waals surface area (Å²) < 4.78 is 32.7. The Bertz CT molecular complexity index is 1530. The molecule has 352 valence electrons. The number of rotatable bonds is 41. The molecule has 0 saturated carbocycles. The van der Waals surface area contributed by atoms with Crippen molar-refractivity contribution in [2.45, 2.75) is 148 Å². The van der Waals surface area contributed by atoms with Crippen LogP contribution < -0.4 is 5.73 Å². The van der Waals surface area contributed by atoms with Crippen molar-refractivity contribution in [3.8, 4) is 0 Å². The van der Waals surface area contributed by atoms with Gasteiger partial charge < -0.3 is 20.1 Å². The Hall–Kier alpha value is -4.11. The van der Waals surface area contributed by atoms with Crippen molar-refractivity contribution in [2.75, 3.05) is 26.4 Å². The van der Waals surface area contributed by atoms with E-state index in [9.17, 15) is 19.0 Å². The molecule has 0 bridgehead atoms. The standard InChI is InChI=1S/C53H82NO8P/c1-3-5-7-9-11-13-15-17-19-20-21-22-23-24-25-26-27-28-29-30-32-34-36-38-40-42-44-46-53(56)62-51(50-61-63(57,58)60-48-47-54)49-59-52(55)45-43-41-39-37-35-33-31-18-16-14-12-10-8-6-4-2/h5-8,11-14,17-19,21-22,24-25,27-28,30-32,35-38,51H,3-4,9-10,15-16,20,23,26,29,33-34,39-50,54H2,1-2H3,(H,57,58)/b7-5-,8-6-,13-11-,14-12-,19-17-,22-21-,25-24-,28-27-,31-18-,32-30-,37-35-,38-36-. The zero-order chi connectivity index (χ0) is 46.0. The SMILES string of the molecule is CC/C=C\C/C=C\C/C=C\C/C=C\C/C=C\C/C=C\C/C=C\C/C=C\CCCCC(=O)OC(COC(=O)CCCC/C=C\C/C=C\C/C=C\C/C=C\CC)COP(=O)(O)OCCN. The smallest absolute Gasteiger partial charge is 0.462 e. The topological polar surface area (TPSA) is 134 Å². The van der Waals surface area contributed by atoms with Crippen LogP contribution in [0.3, 0.4) is 0 Å². The van der Waals surface area contributed by atoms with Crippen LogP contribution in [0.4, 0.5) is 0 Å². The van der Waals surface area contributed by atoms with E-state index in [0.717, 1.165) is 103 Å². The number of hydrogen-bond donors (Lipinski definition) is 2. The third-order valence-electron chi connectivity index (χ3n) is 8.72. The predicted octanol–water partition coefficient (Wildman–Crippen LogP) is 14.0. The fourth-order valence-electron chi connectivity index (χ4n) is 5.34. The van der Waals surface area contributed by atoms with Crippen molar-refractivity contribution in [3.05, 3.63) is 146 Å². The summed E-state index contributed by atoms with van der Waals surface area (Å²) in [4.78, 5) is 34.9. The van der Waals surface area contributed by atoms with E-state index in [1.807, 2.05) is 0 Å². The second kappa shape index (κ2) is 47.4. The van der Waals surface area contributed by atoms with Gasteiger partial charge in [0, 0.05) is 19.4 Å². The lowest BCUT2D eigenvalue weighted by Crippen LogP contribution is -2.29. The average molecular weight is 892 g/mol. The van der Waals surface area contributed by atoms with Crippen LogP contribution in [0.5, 0.6) is 0 Å². The minimum absolute atomic E-state index is 0.0309. The minimum Gasteiger partial charge on any atom is -0.462 e. The molecule has 2 atom stereocenters. The van der Waals surface area contributed by atoms with Crippen LogP contribution in [0.2, 0.25) is 0 Å². The Morgan fingerprint density at radius 2 is 0.810 bits per heavy atom. The second-order valence-electron chi connectivity index (χ2n) is 14.5. The van der Waals surface area contributed by atoms with Gasteiger partial charge in [-0.15, -0.1) is 0 Å². The molecule has 0 radical (unpaired) electrons. The van der Waals surface area contributed by atoms with Crippen molar-refractivity contribution in [1.29, 1.82) is 0 Å². The van der Waals surface area contributed by atoms with E-state index in [-0.39, 0.29) is 32.6 Å². The van der Waals surface area contributed by atoms with Gasteiger partial charge in [-0.05, 0) is 116 Å². The second-order valence-corrected chi connectivity index (χ2v) is 16.0. The van der Waals surface area contributed by atoms with Gasteiger partial charge in [0.25, 0.3) is 0 Å². The van der Waals surface area contributed by atoms with Gasteiger partial charge in [-0.3, -0.25) is 18.6 Å². The van der Waals surface area contributed by atoms with Gasteiger partial charge in [0.1, 0.15) is 6.61 Å². The third-order valence-corrected chi connectivity index (χ3v) is 9.70. The number of carbonyl (C=O) groups is 2. The summed E-state index contributed by atoms with van der Waals surface area (Å²) >= 11 is 0. The van der Waals surface area contributed by atoms with Crippen molar-refractivity contribution in [2.24, 2.45) is 5.73 Å². The molecule has 3 N–H and O–H groups in total. The highest BCUT2D eigenvalue weighted by Crippen LogP contribution is 2.43. The first kappa shape index (κ1) is 58.9. The Kier molecular flexibility index (Phi) is 44.3. The summed E-state index contributed by atoms with van der Waals surface area (Å²) in [5.74, 6) is -0.947. The Morgan fingerprint density at radius 3 is 1.16 bits per heavy atom. The van der Waals surface area contributed by atoms with Gasteiger partial charge >= 0.3 is 19.8 Å². The Morgan fingerprint density at radius 1 is 0.476 bits per heavy atom. The molecule has 0 heterocycles. The highest BCUT2D eigenvalue weighted by Gasteiger charge is 2.25. The largest absolute Gasteiger partial charge is 0.472 e. The molecule has 0 aliphatic rings. The molecule has 0 spiro atoms. The van der Waals surface area contributed by atoms with E-state index >= 15 is 0 Å². The summed E-state index contributed by atoms with van der Waals surface area (Å²) in [6.45, 7) is 3.36. The van der Waals surface area contributed by atoms with Gasteiger partial charge in [0.05, 0.1) is 13.2 Å². The van der Waals surface area contributed by atoms with E-state index < -0.39 is 32.5 Å². The van der Waals surface area contributed by atoms with Gasteiger partial charge in [0.15, 0.2) is 6.10 Å².